The summed E-state index contributed by atoms with van der Waals surface area (Å²) in [5.41, 5.74) is 0.296. The van der Waals surface area contributed by atoms with Crippen LogP contribution in [0.25, 0.3) is 0 Å². The number of nitrogens with one attached hydrogen (secondary N) is 1. The predicted octanol–water partition coefficient (Wildman–Crippen LogP) is 0.549. The van der Waals surface area contributed by atoms with Gasteiger partial charge in [0.2, 0.25) is 5.91 Å². The Morgan fingerprint density at radius 1 is 1.50 bits per heavy atom. The molecule has 130 valence electrons. The first-order valence-electron chi connectivity index (χ1n) is 8.07. The van der Waals surface area contributed by atoms with Crippen molar-refractivity contribution in [2.24, 2.45) is 0 Å². The lowest BCUT2D eigenvalue weighted by atomic mass is 10.0. The number of rotatable bonds is 6. The van der Waals surface area contributed by atoms with Crippen LogP contribution in [0.2, 0.25) is 0 Å². The summed E-state index contributed by atoms with van der Waals surface area (Å²) in [7, 11) is 1.71. The number of piperidine rings is 1. The lowest BCUT2D eigenvalue weighted by molar-refractivity contribution is -0.131. The second-order valence-electron chi connectivity index (χ2n) is 6.07. The summed E-state index contributed by atoms with van der Waals surface area (Å²) < 4.78 is 4.90. The SMILES string of the molecule is Cc1cc(C(=O)NC2CCN(CC(=O)N(C)CCC#N)CC2)no1. The van der Waals surface area contributed by atoms with Gasteiger partial charge in [0, 0.05) is 38.8 Å². The topological polar surface area (TPSA) is 102 Å². The van der Waals surface area contributed by atoms with E-state index in [-0.39, 0.29) is 17.9 Å². The molecule has 8 heteroatoms. The Morgan fingerprint density at radius 3 is 2.79 bits per heavy atom. The first-order chi connectivity index (χ1) is 11.5. The third-order valence-electron chi connectivity index (χ3n) is 4.13. The largest absolute Gasteiger partial charge is 0.361 e. The molecule has 2 rings (SSSR count). The molecule has 0 bridgehead atoms. The lowest BCUT2D eigenvalue weighted by Gasteiger charge is -2.32. The Morgan fingerprint density at radius 2 is 2.21 bits per heavy atom. The van der Waals surface area contributed by atoms with Crippen LogP contribution in [-0.2, 0) is 4.79 Å². The average molecular weight is 333 g/mol. The summed E-state index contributed by atoms with van der Waals surface area (Å²) in [6.07, 6.45) is 1.92. The fraction of sp³-hybridized carbons (Fsp3) is 0.625. The summed E-state index contributed by atoms with van der Waals surface area (Å²) >= 11 is 0. The van der Waals surface area contributed by atoms with Crippen LogP contribution in [0.4, 0.5) is 0 Å². The second kappa shape index (κ2) is 8.45. The van der Waals surface area contributed by atoms with Crippen molar-refractivity contribution in [2.75, 3.05) is 33.2 Å². The van der Waals surface area contributed by atoms with Gasteiger partial charge in [-0.1, -0.05) is 5.16 Å². The van der Waals surface area contributed by atoms with Crippen molar-refractivity contribution in [1.82, 2.24) is 20.3 Å². The van der Waals surface area contributed by atoms with Crippen LogP contribution >= 0.6 is 0 Å². The van der Waals surface area contributed by atoms with Gasteiger partial charge in [-0.2, -0.15) is 5.26 Å². The highest BCUT2D eigenvalue weighted by Gasteiger charge is 2.24. The molecule has 0 spiro atoms. The third kappa shape index (κ3) is 5.06. The van der Waals surface area contributed by atoms with Crippen molar-refractivity contribution in [3.05, 3.63) is 17.5 Å². The average Bonchev–Trinajstić information content (AvgIpc) is 3.01. The maximum Gasteiger partial charge on any atom is 0.273 e. The van der Waals surface area contributed by atoms with Crippen molar-refractivity contribution in [3.8, 4) is 6.07 Å². The zero-order valence-corrected chi connectivity index (χ0v) is 14.1. The van der Waals surface area contributed by atoms with Gasteiger partial charge >= 0.3 is 0 Å². The minimum atomic E-state index is -0.224. The van der Waals surface area contributed by atoms with Crippen LogP contribution in [0.15, 0.2) is 10.6 Å². The van der Waals surface area contributed by atoms with E-state index in [0.29, 0.717) is 31.0 Å². The minimum Gasteiger partial charge on any atom is -0.361 e. The van der Waals surface area contributed by atoms with Crippen molar-refractivity contribution in [3.63, 3.8) is 0 Å². The van der Waals surface area contributed by atoms with Crippen molar-refractivity contribution >= 4 is 11.8 Å². The molecule has 0 saturated carbocycles. The molecule has 1 aliphatic rings. The number of amides is 2. The van der Waals surface area contributed by atoms with Gasteiger partial charge in [-0.05, 0) is 19.8 Å². The van der Waals surface area contributed by atoms with Gasteiger partial charge in [-0.3, -0.25) is 14.5 Å². The number of hydrogen-bond donors (Lipinski definition) is 1. The van der Waals surface area contributed by atoms with Crippen LogP contribution in [0.3, 0.4) is 0 Å². The van der Waals surface area contributed by atoms with Gasteiger partial charge < -0.3 is 14.7 Å². The zero-order chi connectivity index (χ0) is 17.5. The molecule has 0 aromatic carbocycles. The van der Waals surface area contributed by atoms with Crippen molar-refractivity contribution in [1.29, 1.82) is 5.26 Å². The molecule has 1 aromatic rings. The highest BCUT2D eigenvalue weighted by molar-refractivity contribution is 5.92. The number of hydrogen-bond acceptors (Lipinski definition) is 6. The third-order valence-corrected chi connectivity index (χ3v) is 4.13. The van der Waals surface area contributed by atoms with Crippen LogP contribution < -0.4 is 5.32 Å². The normalized spacial score (nSPS) is 15.7. The fourth-order valence-electron chi connectivity index (χ4n) is 2.62. The summed E-state index contributed by atoms with van der Waals surface area (Å²) in [6, 6.07) is 3.73. The lowest BCUT2D eigenvalue weighted by Crippen LogP contribution is -2.47. The van der Waals surface area contributed by atoms with Crippen LogP contribution in [-0.4, -0.2) is 66.0 Å². The number of likely N-dealkylation sites (tertiary alicyclic amines) is 1. The molecule has 0 unspecified atom stereocenters. The van der Waals surface area contributed by atoms with E-state index in [1.807, 2.05) is 6.07 Å². The molecule has 1 aromatic heterocycles. The monoisotopic (exact) mass is 333 g/mol. The van der Waals surface area contributed by atoms with Crippen LogP contribution in [0.1, 0.15) is 35.5 Å². The number of likely N-dealkylation sites (N-methyl/N-ethyl adjacent to an activating group) is 1. The Balaban J connectivity index is 1.72. The Labute approximate surface area is 141 Å². The molecule has 1 saturated heterocycles. The highest BCUT2D eigenvalue weighted by atomic mass is 16.5. The van der Waals surface area contributed by atoms with E-state index in [2.05, 4.69) is 15.4 Å². The maximum absolute atomic E-state index is 12.1. The van der Waals surface area contributed by atoms with E-state index in [0.717, 1.165) is 25.9 Å². The summed E-state index contributed by atoms with van der Waals surface area (Å²) in [5.74, 6) is 0.400. The molecule has 1 fully saturated rings. The summed E-state index contributed by atoms with van der Waals surface area (Å²) in [6.45, 7) is 4.05. The number of carbonyl (C=O) groups is 2. The van der Waals surface area contributed by atoms with Gasteiger partial charge in [0.25, 0.3) is 5.91 Å². The molecule has 1 N–H and O–H groups in total. The molecule has 24 heavy (non-hydrogen) atoms. The van der Waals surface area contributed by atoms with E-state index in [1.54, 1.807) is 24.9 Å². The van der Waals surface area contributed by atoms with Crippen LogP contribution in [0.5, 0.6) is 0 Å². The number of carbonyl (C=O) groups excluding carboxylic acids is 2. The summed E-state index contributed by atoms with van der Waals surface area (Å²) in [5, 5.41) is 15.2. The smallest absolute Gasteiger partial charge is 0.273 e. The number of nitriles is 1. The fourth-order valence-corrected chi connectivity index (χ4v) is 2.62. The molecular weight excluding hydrogens is 310 g/mol. The van der Waals surface area contributed by atoms with E-state index in [9.17, 15) is 9.59 Å². The van der Waals surface area contributed by atoms with Gasteiger partial charge in [-0.15, -0.1) is 0 Å². The summed E-state index contributed by atoms with van der Waals surface area (Å²) in [4.78, 5) is 27.8. The first-order valence-corrected chi connectivity index (χ1v) is 8.07. The molecule has 0 radical (unpaired) electrons. The molecule has 2 amide bonds. The molecule has 0 aliphatic carbocycles. The second-order valence-corrected chi connectivity index (χ2v) is 6.07. The first kappa shape index (κ1) is 17.9. The standard InChI is InChI=1S/C16H23N5O3/c1-12-10-14(19-24-12)16(23)18-13-4-8-21(9-5-13)11-15(22)20(2)7-3-6-17/h10,13H,3-5,7-9,11H2,1-2H3,(H,18,23). The van der Waals surface area contributed by atoms with Crippen molar-refractivity contribution < 1.29 is 14.1 Å². The van der Waals surface area contributed by atoms with Gasteiger partial charge in [-0.25, -0.2) is 0 Å². The Hall–Kier alpha value is -2.40. The Kier molecular flexibility index (Phi) is 6.32. The van der Waals surface area contributed by atoms with E-state index >= 15 is 0 Å². The van der Waals surface area contributed by atoms with Crippen molar-refractivity contribution in [2.45, 2.75) is 32.2 Å². The van der Waals surface area contributed by atoms with Crippen LogP contribution in [0, 0.1) is 18.3 Å². The van der Waals surface area contributed by atoms with E-state index < -0.39 is 0 Å². The molecule has 1 aliphatic heterocycles. The van der Waals surface area contributed by atoms with E-state index in [4.69, 9.17) is 9.78 Å². The molecular formula is C16H23N5O3. The number of aromatic nitrogens is 1. The quantitative estimate of drug-likeness (QED) is 0.815. The van der Waals surface area contributed by atoms with Gasteiger partial charge in [0.05, 0.1) is 19.0 Å². The number of aryl methyl sites for hydroxylation is 1. The molecule has 8 nitrogen and oxygen atoms in total. The maximum atomic E-state index is 12.1. The predicted molar refractivity (Wildman–Crippen MR) is 86.0 cm³/mol. The number of nitrogens with zero attached hydrogens (tertiary/aromatic N) is 4. The Bertz CT molecular complexity index is 613. The highest BCUT2D eigenvalue weighted by Crippen LogP contribution is 2.11. The zero-order valence-electron chi connectivity index (χ0n) is 14.1. The molecule has 0 atom stereocenters. The van der Waals surface area contributed by atoms with E-state index in [1.165, 1.54) is 0 Å². The van der Waals surface area contributed by atoms with Gasteiger partial charge in [0.1, 0.15) is 5.76 Å². The molecule has 2 heterocycles. The van der Waals surface area contributed by atoms with Gasteiger partial charge in [0.15, 0.2) is 5.69 Å². The minimum absolute atomic E-state index is 0.0193.